The minimum absolute atomic E-state index is 0.417. The highest BCUT2D eigenvalue weighted by Gasteiger charge is 2.08. The van der Waals surface area contributed by atoms with Crippen LogP contribution in [0.2, 0.25) is 0 Å². The predicted molar refractivity (Wildman–Crippen MR) is 138 cm³/mol. The molecule has 0 aromatic heterocycles. The Morgan fingerprint density at radius 2 is 2.03 bits per heavy atom. The Morgan fingerprint density at radius 1 is 1.36 bits per heavy atom. The third kappa shape index (κ3) is 17.3. The van der Waals surface area contributed by atoms with Crippen molar-refractivity contribution in [2.75, 3.05) is 39.9 Å². The van der Waals surface area contributed by atoms with Crippen molar-refractivity contribution in [2.24, 2.45) is 9.98 Å². The molecule has 0 fully saturated rings. The van der Waals surface area contributed by atoms with Crippen molar-refractivity contribution >= 4 is 30.9 Å². The van der Waals surface area contributed by atoms with E-state index in [2.05, 4.69) is 40.2 Å². The molecule has 1 aromatic carbocycles. The molecule has 2 N–H and O–H groups in total. The standard InChI is InChI=1S/C18H24N2O3.C3H5F.C2H4N2.CH3Cl/c1-4-14(2)19-12-16-13-23-18-10-17(22-9-5-8-21-3)7-6-15(18)11-20-16;1-2-3-4;1-4-2-3;1-2/h4,6-7,10-11,13,19H,5,8-9,12H2,1-3H3;2H,1,3H2;2-3H,1H2;1H3/b14-4+;;;. The summed E-state index contributed by atoms with van der Waals surface area (Å²) < 4.78 is 27.0. The van der Waals surface area contributed by atoms with Crippen molar-refractivity contribution in [2.45, 2.75) is 20.3 Å². The van der Waals surface area contributed by atoms with Crippen LogP contribution in [0.4, 0.5) is 4.39 Å². The number of rotatable bonds is 10. The summed E-state index contributed by atoms with van der Waals surface area (Å²) in [5, 5.41) is 9.37. The quantitative estimate of drug-likeness (QED) is 0.150. The lowest BCUT2D eigenvalue weighted by molar-refractivity contribution is 0.172. The van der Waals surface area contributed by atoms with Gasteiger partial charge in [-0.15, -0.1) is 18.2 Å². The average molecular weight is 483 g/mol. The number of nitrogens with zero attached hydrogens (tertiary/aromatic N) is 2. The number of alkyl halides is 2. The average Bonchev–Trinajstić information content (AvgIpc) is 3.08. The van der Waals surface area contributed by atoms with Crippen LogP contribution in [0, 0.1) is 5.41 Å². The summed E-state index contributed by atoms with van der Waals surface area (Å²) in [4.78, 5) is 7.48. The summed E-state index contributed by atoms with van der Waals surface area (Å²) in [5.41, 5.74) is 2.88. The highest BCUT2D eigenvalue weighted by atomic mass is 35.5. The number of halogens is 2. The molecule has 1 aliphatic heterocycles. The second kappa shape index (κ2) is 23.7. The summed E-state index contributed by atoms with van der Waals surface area (Å²) in [6, 6.07) is 5.76. The number of benzene rings is 1. The molecule has 0 saturated heterocycles. The van der Waals surface area contributed by atoms with E-state index < -0.39 is 6.67 Å². The molecule has 0 spiro atoms. The third-order valence-electron chi connectivity index (χ3n) is 3.62. The molecule has 1 heterocycles. The molecular weight excluding hydrogens is 447 g/mol. The molecular formula is C24H36ClFN4O3. The van der Waals surface area contributed by atoms with E-state index in [-0.39, 0.29) is 0 Å². The zero-order valence-electron chi connectivity index (χ0n) is 19.9. The highest BCUT2D eigenvalue weighted by molar-refractivity contribution is 6.15. The van der Waals surface area contributed by atoms with Crippen LogP contribution in [0.3, 0.4) is 0 Å². The number of aliphatic imine (C=N–C) groups is 2. The summed E-state index contributed by atoms with van der Waals surface area (Å²) in [7, 11) is 1.69. The van der Waals surface area contributed by atoms with Gasteiger partial charge in [-0.05, 0) is 32.7 Å². The zero-order chi connectivity index (χ0) is 25.3. The van der Waals surface area contributed by atoms with Crippen LogP contribution in [-0.2, 0) is 4.74 Å². The van der Waals surface area contributed by atoms with Gasteiger partial charge < -0.3 is 19.5 Å². The van der Waals surface area contributed by atoms with Crippen LogP contribution in [0.15, 0.2) is 64.6 Å². The first-order chi connectivity index (χ1) is 16.1. The van der Waals surface area contributed by atoms with E-state index in [0.29, 0.717) is 19.8 Å². The first-order valence-electron chi connectivity index (χ1n) is 10.1. The maximum atomic E-state index is 10.6. The van der Waals surface area contributed by atoms with Crippen molar-refractivity contribution in [3.8, 4) is 11.5 Å². The van der Waals surface area contributed by atoms with E-state index in [1.54, 1.807) is 13.4 Å². The molecule has 0 atom stereocenters. The lowest BCUT2D eigenvalue weighted by Crippen LogP contribution is -2.14. The van der Waals surface area contributed by atoms with E-state index in [0.717, 1.165) is 41.2 Å². The van der Waals surface area contributed by atoms with E-state index in [1.807, 2.05) is 44.3 Å². The summed E-state index contributed by atoms with van der Waals surface area (Å²) in [5.74, 6) is 1.53. The maximum Gasteiger partial charge on any atom is 0.139 e. The van der Waals surface area contributed by atoms with Crippen molar-refractivity contribution in [3.63, 3.8) is 0 Å². The number of ether oxygens (including phenoxy) is 3. The van der Waals surface area contributed by atoms with E-state index in [1.165, 1.54) is 12.5 Å². The number of fused-ring (bicyclic) bond motifs is 1. The van der Waals surface area contributed by atoms with Crippen LogP contribution >= 0.6 is 11.6 Å². The molecule has 1 aliphatic rings. The molecule has 1 aromatic rings. The second-order valence-corrected chi connectivity index (χ2v) is 5.96. The Hall–Kier alpha value is -2.97. The Balaban J connectivity index is 0. The van der Waals surface area contributed by atoms with Crippen molar-refractivity contribution in [1.82, 2.24) is 5.32 Å². The van der Waals surface area contributed by atoms with Crippen molar-refractivity contribution in [3.05, 3.63) is 60.1 Å². The molecule has 0 radical (unpaired) electrons. The van der Waals surface area contributed by atoms with Crippen molar-refractivity contribution in [1.29, 1.82) is 5.41 Å². The Bertz CT molecular complexity index is 762. The fourth-order valence-electron chi connectivity index (χ4n) is 1.94. The Labute approximate surface area is 202 Å². The van der Waals surface area contributed by atoms with Gasteiger partial charge in [0, 0.05) is 50.1 Å². The second-order valence-electron chi connectivity index (χ2n) is 5.96. The van der Waals surface area contributed by atoms with Gasteiger partial charge in [-0.25, -0.2) is 4.39 Å². The number of nitrogens with one attached hydrogen (secondary N) is 2. The molecule has 184 valence electrons. The molecule has 0 saturated carbocycles. The van der Waals surface area contributed by atoms with Gasteiger partial charge >= 0.3 is 0 Å². The van der Waals surface area contributed by atoms with Gasteiger partial charge in [0.2, 0.25) is 0 Å². The molecule has 9 heteroatoms. The molecule has 0 aliphatic carbocycles. The largest absolute Gasteiger partial charge is 0.493 e. The normalized spacial score (nSPS) is 11.1. The number of allylic oxidation sites excluding steroid dienone is 3. The molecule has 0 amide bonds. The summed E-state index contributed by atoms with van der Waals surface area (Å²) >= 11 is 4.64. The summed E-state index contributed by atoms with van der Waals surface area (Å²) in [6.45, 7) is 11.6. The third-order valence-corrected chi connectivity index (χ3v) is 3.62. The molecule has 0 bridgehead atoms. The summed E-state index contributed by atoms with van der Waals surface area (Å²) in [6.07, 6.45) is 9.93. The van der Waals surface area contributed by atoms with E-state index >= 15 is 0 Å². The topological polar surface area (TPSA) is 88.3 Å². The van der Waals surface area contributed by atoms with E-state index in [9.17, 15) is 4.39 Å². The van der Waals surface area contributed by atoms with Crippen LogP contribution < -0.4 is 14.8 Å². The van der Waals surface area contributed by atoms with Gasteiger partial charge in [-0.3, -0.25) is 15.4 Å². The van der Waals surface area contributed by atoms with Gasteiger partial charge in [-0.1, -0.05) is 12.2 Å². The van der Waals surface area contributed by atoms with Gasteiger partial charge in [0.25, 0.3) is 0 Å². The minimum Gasteiger partial charge on any atom is -0.493 e. The van der Waals surface area contributed by atoms with Gasteiger partial charge in [0.1, 0.15) is 30.8 Å². The van der Waals surface area contributed by atoms with Gasteiger partial charge in [-0.2, -0.15) is 0 Å². The monoisotopic (exact) mass is 482 g/mol. The molecule has 0 unspecified atom stereocenters. The van der Waals surface area contributed by atoms with E-state index in [4.69, 9.17) is 19.6 Å². The first kappa shape index (κ1) is 32.2. The SMILES string of the molecule is C/C=C(\C)NCC1=COc2cc(OCCCOC)ccc2C=N1.C=CCF.C=NC=N.CCl. The first-order valence-corrected chi connectivity index (χ1v) is 10.8. The fraction of sp³-hybridized carbons (Fsp3) is 0.375. The van der Waals surface area contributed by atoms with Crippen LogP contribution in [0.5, 0.6) is 11.5 Å². The molecule has 2 rings (SSSR count). The van der Waals surface area contributed by atoms with Crippen LogP contribution in [0.25, 0.3) is 0 Å². The van der Waals surface area contributed by atoms with Crippen molar-refractivity contribution < 1.29 is 18.6 Å². The number of hydrogen-bond donors (Lipinski definition) is 2. The maximum absolute atomic E-state index is 10.6. The lowest BCUT2D eigenvalue weighted by Gasteiger charge is -2.09. The fourth-order valence-corrected chi connectivity index (χ4v) is 1.94. The van der Waals surface area contributed by atoms with Gasteiger partial charge in [0.05, 0.1) is 18.8 Å². The Kier molecular flexibility index (Phi) is 23.1. The smallest absolute Gasteiger partial charge is 0.139 e. The number of methoxy groups -OCH3 is 1. The highest BCUT2D eigenvalue weighted by Crippen LogP contribution is 2.26. The predicted octanol–water partition coefficient (Wildman–Crippen LogP) is 5.56. The van der Waals surface area contributed by atoms with Crippen LogP contribution in [0.1, 0.15) is 25.8 Å². The molecule has 33 heavy (non-hydrogen) atoms. The molecule has 7 nitrogen and oxygen atoms in total. The lowest BCUT2D eigenvalue weighted by atomic mass is 10.2. The minimum atomic E-state index is -0.417. The van der Waals surface area contributed by atoms with Crippen LogP contribution in [-0.4, -0.2) is 59.2 Å². The number of hydrogen-bond acceptors (Lipinski definition) is 6. The zero-order valence-corrected chi connectivity index (χ0v) is 20.7. The van der Waals surface area contributed by atoms with Gasteiger partial charge in [0.15, 0.2) is 0 Å². The Morgan fingerprint density at radius 3 is 2.58 bits per heavy atom.